The first kappa shape index (κ1) is 15.2. The van der Waals surface area contributed by atoms with E-state index in [1.807, 2.05) is 0 Å². The number of rotatable bonds is 2. The molecule has 2 rings (SSSR count). The number of nitrogens with one attached hydrogen (secondary N) is 1. The van der Waals surface area contributed by atoms with Crippen LogP contribution in [0.2, 0.25) is 5.02 Å². The molecular formula is C14H10ClF3N2O. The van der Waals surface area contributed by atoms with Gasteiger partial charge in [-0.05, 0) is 36.4 Å². The third-order valence-electron chi connectivity index (χ3n) is 2.72. The van der Waals surface area contributed by atoms with Gasteiger partial charge in [0.2, 0.25) is 0 Å². The number of carbonyl (C=O) groups excluding carboxylic acids is 1. The second-order valence-electron chi connectivity index (χ2n) is 4.26. The van der Waals surface area contributed by atoms with Gasteiger partial charge in [-0.15, -0.1) is 0 Å². The van der Waals surface area contributed by atoms with Crippen LogP contribution in [0.5, 0.6) is 0 Å². The Kier molecular flexibility index (Phi) is 4.09. The van der Waals surface area contributed by atoms with E-state index >= 15 is 0 Å². The molecule has 2 aromatic carbocycles. The van der Waals surface area contributed by atoms with Gasteiger partial charge < -0.3 is 11.1 Å². The summed E-state index contributed by atoms with van der Waals surface area (Å²) < 4.78 is 37.8. The van der Waals surface area contributed by atoms with Gasteiger partial charge in [0, 0.05) is 10.6 Å². The van der Waals surface area contributed by atoms with Crippen molar-refractivity contribution < 1.29 is 18.0 Å². The number of hydrogen-bond donors (Lipinski definition) is 2. The van der Waals surface area contributed by atoms with Crippen LogP contribution in [-0.4, -0.2) is 5.91 Å². The van der Waals surface area contributed by atoms with Gasteiger partial charge in [0.1, 0.15) is 0 Å². The molecule has 0 aliphatic heterocycles. The average Bonchev–Trinajstić information content (AvgIpc) is 2.42. The summed E-state index contributed by atoms with van der Waals surface area (Å²) in [5, 5.41) is 2.78. The highest BCUT2D eigenvalue weighted by molar-refractivity contribution is 6.31. The third-order valence-corrected chi connectivity index (χ3v) is 2.95. The van der Waals surface area contributed by atoms with Crippen molar-refractivity contribution in [1.29, 1.82) is 0 Å². The molecule has 0 saturated carbocycles. The van der Waals surface area contributed by atoms with Crippen molar-refractivity contribution in [2.75, 3.05) is 11.1 Å². The van der Waals surface area contributed by atoms with E-state index in [1.54, 1.807) is 0 Å². The minimum absolute atomic E-state index is 0.121. The average molecular weight is 315 g/mol. The van der Waals surface area contributed by atoms with Crippen LogP contribution in [0.1, 0.15) is 15.9 Å². The van der Waals surface area contributed by atoms with Crippen LogP contribution in [0.3, 0.4) is 0 Å². The first-order chi connectivity index (χ1) is 9.77. The van der Waals surface area contributed by atoms with Gasteiger partial charge in [-0.2, -0.15) is 13.2 Å². The number of amides is 1. The van der Waals surface area contributed by atoms with Crippen molar-refractivity contribution in [2.45, 2.75) is 6.18 Å². The first-order valence-corrected chi connectivity index (χ1v) is 6.19. The van der Waals surface area contributed by atoms with Crippen molar-refractivity contribution in [3.8, 4) is 0 Å². The number of halogens is 4. The molecule has 0 radical (unpaired) electrons. The minimum Gasteiger partial charge on any atom is -0.397 e. The Morgan fingerprint density at radius 1 is 1.14 bits per heavy atom. The molecule has 1 amide bonds. The lowest BCUT2D eigenvalue weighted by atomic mass is 10.1. The number of nitrogen functional groups attached to an aromatic ring is 1. The van der Waals surface area contributed by atoms with E-state index in [9.17, 15) is 18.0 Å². The molecule has 110 valence electrons. The summed E-state index contributed by atoms with van der Waals surface area (Å²) in [5.41, 5.74) is 5.15. The molecule has 0 unspecified atom stereocenters. The van der Waals surface area contributed by atoms with Gasteiger partial charge >= 0.3 is 6.18 Å². The maximum absolute atomic E-state index is 12.6. The van der Waals surface area contributed by atoms with Crippen molar-refractivity contribution in [1.82, 2.24) is 0 Å². The monoisotopic (exact) mass is 314 g/mol. The summed E-state index contributed by atoms with van der Waals surface area (Å²) in [6, 6.07) is 8.56. The summed E-state index contributed by atoms with van der Waals surface area (Å²) in [6.07, 6.45) is -4.51. The van der Waals surface area contributed by atoms with E-state index in [2.05, 4.69) is 5.32 Å². The highest BCUT2D eigenvalue weighted by atomic mass is 35.5. The fourth-order valence-electron chi connectivity index (χ4n) is 1.67. The lowest BCUT2D eigenvalue weighted by Gasteiger charge is -2.11. The molecule has 0 heterocycles. The van der Waals surface area contributed by atoms with E-state index in [4.69, 9.17) is 17.3 Å². The number of anilines is 2. The molecule has 0 saturated heterocycles. The molecular weight excluding hydrogens is 305 g/mol. The van der Waals surface area contributed by atoms with E-state index in [-0.39, 0.29) is 16.9 Å². The quantitative estimate of drug-likeness (QED) is 0.816. The molecule has 7 heteroatoms. The molecule has 0 spiro atoms. The van der Waals surface area contributed by atoms with Crippen LogP contribution in [0.4, 0.5) is 24.5 Å². The number of alkyl halides is 3. The summed E-state index contributed by atoms with van der Waals surface area (Å²) in [6.45, 7) is 0. The lowest BCUT2D eigenvalue weighted by molar-refractivity contribution is -0.137. The zero-order valence-electron chi connectivity index (χ0n) is 10.5. The standard InChI is InChI=1S/C14H10ClF3N2O/c15-10-4-5-11(19)12(7-10)20-13(21)8-2-1-3-9(6-8)14(16,17)18/h1-7H,19H2,(H,20,21). The van der Waals surface area contributed by atoms with Crippen LogP contribution in [-0.2, 0) is 6.18 Å². The van der Waals surface area contributed by atoms with Gasteiger partial charge in [-0.25, -0.2) is 0 Å². The van der Waals surface area contributed by atoms with Crippen LogP contribution >= 0.6 is 11.6 Å². The van der Waals surface area contributed by atoms with Crippen molar-refractivity contribution in [3.05, 3.63) is 58.6 Å². The molecule has 2 aromatic rings. The molecule has 3 N–H and O–H groups in total. The number of nitrogens with two attached hydrogens (primary N) is 1. The molecule has 21 heavy (non-hydrogen) atoms. The van der Waals surface area contributed by atoms with Crippen LogP contribution in [0.15, 0.2) is 42.5 Å². The SMILES string of the molecule is Nc1ccc(Cl)cc1NC(=O)c1cccc(C(F)(F)F)c1. The molecule has 3 nitrogen and oxygen atoms in total. The van der Waals surface area contributed by atoms with Gasteiger partial charge in [0.15, 0.2) is 0 Å². The summed E-state index contributed by atoms with van der Waals surface area (Å²) in [4.78, 5) is 12.0. The van der Waals surface area contributed by atoms with Crippen molar-refractivity contribution in [2.24, 2.45) is 0 Å². The molecule has 0 aromatic heterocycles. The second-order valence-corrected chi connectivity index (χ2v) is 4.70. The zero-order chi connectivity index (χ0) is 15.6. The highest BCUT2D eigenvalue weighted by Crippen LogP contribution is 2.30. The summed E-state index contributed by atoms with van der Waals surface area (Å²) >= 11 is 5.78. The van der Waals surface area contributed by atoms with E-state index < -0.39 is 17.6 Å². The first-order valence-electron chi connectivity index (χ1n) is 5.81. The molecule has 0 aliphatic rings. The predicted octanol–water partition coefficient (Wildman–Crippen LogP) is 4.19. The largest absolute Gasteiger partial charge is 0.416 e. The van der Waals surface area contributed by atoms with E-state index in [1.165, 1.54) is 30.3 Å². The Hall–Kier alpha value is -2.21. The van der Waals surface area contributed by atoms with Crippen molar-refractivity contribution >= 4 is 28.9 Å². The predicted molar refractivity (Wildman–Crippen MR) is 75.3 cm³/mol. The van der Waals surface area contributed by atoms with E-state index in [0.29, 0.717) is 5.02 Å². The maximum Gasteiger partial charge on any atom is 0.416 e. The molecule has 0 fully saturated rings. The van der Waals surface area contributed by atoms with Gasteiger partial charge in [-0.3, -0.25) is 4.79 Å². The lowest BCUT2D eigenvalue weighted by Crippen LogP contribution is -2.14. The van der Waals surface area contributed by atoms with Crippen LogP contribution in [0, 0.1) is 0 Å². The molecule has 0 bridgehead atoms. The van der Waals surface area contributed by atoms with Crippen LogP contribution in [0.25, 0.3) is 0 Å². The third kappa shape index (κ3) is 3.66. The smallest absolute Gasteiger partial charge is 0.397 e. The number of carbonyl (C=O) groups is 1. The van der Waals surface area contributed by atoms with Gasteiger partial charge in [0.25, 0.3) is 5.91 Å². The zero-order valence-corrected chi connectivity index (χ0v) is 11.3. The van der Waals surface area contributed by atoms with Crippen molar-refractivity contribution in [3.63, 3.8) is 0 Å². The molecule has 0 atom stereocenters. The minimum atomic E-state index is -4.51. The number of hydrogen-bond acceptors (Lipinski definition) is 2. The topological polar surface area (TPSA) is 55.1 Å². The fraction of sp³-hybridized carbons (Fsp3) is 0.0714. The Labute approximate surface area is 123 Å². The van der Waals surface area contributed by atoms with Crippen LogP contribution < -0.4 is 11.1 Å². The summed E-state index contributed by atoms with van der Waals surface area (Å²) in [5.74, 6) is -0.699. The highest BCUT2D eigenvalue weighted by Gasteiger charge is 2.30. The Morgan fingerprint density at radius 2 is 1.86 bits per heavy atom. The Bertz CT molecular complexity index is 686. The van der Waals surface area contributed by atoms with Gasteiger partial charge in [-0.1, -0.05) is 17.7 Å². The Morgan fingerprint density at radius 3 is 2.52 bits per heavy atom. The normalized spacial score (nSPS) is 11.2. The van der Waals surface area contributed by atoms with Gasteiger partial charge in [0.05, 0.1) is 16.9 Å². The maximum atomic E-state index is 12.6. The summed E-state index contributed by atoms with van der Waals surface area (Å²) in [7, 11) is 0. The Balaban J connectivity index is 2.27. The molecule has 0 aliphatic carbocycles. The van der Waals surface area contributed by atoms with E-state index in [0.717, 1.165) is 12.1 Å². The fourth-order valence-corrected chi connectivity index (χ4v) is 1.84. The number of benzene rings is 2. The second kappa shape index (κ2) is 5.65.